The largest absolute Gasteiger partial charge is 0.289 e. The zero-order chi connectivity index (χ0) is 19.2. The fourth-order valence-corrected chi connectivity index (χ4v) is 2.81. The van der Waals surface area contributed by atoms with E-state index in [9.17, 15) is 4.79 Å². The van der Waals surface area contributed by atoms with E-state index < -0.39 is 0 Å². The fraction of sp³-hybridized carbons (Fsp3) is 0. The van der Waals surface area contributed by atoms with E-state index in [0.717, 1.165) is 22.3 Å². The van der Waals surface area contributed by atoms with E-state index in [2.05, 4.69) is 32.9 Å². The summed E-state index contributed by atoms with van der Waals surface area (Å²) in [4.78, 5) is 12.2. The number of benzene rings is 3. The third-order valence-corrected chi connectivity index (χ3v) is 4.29. The maximum Gasteiger partial charge on any atom is 0.289 e. The van der Waals surface area contributed by atoms with Crippen molar-refractivity contribution in [2.75, 3.05) is 0 Å². The van der Waals surface area contributed by atoms with Crippen LogP contribution in [0.15, 0.2) is 96.1 Å². The molecular formula is C23H18N4O. The molecule has 1 heterocycles. The van der Waals surface area contributed by atoms with Crippen LogP contribution in [0.3, 0.4) is 0 Å². The summed E-state index contributed by atoms with van der Waals surface area (Å²) < 4.78 is 0. The summed E-state index contributed by atoms with van der Waals surface area (Å²) in [6, 6.07) is 29.5. The second-order valence-corrected chi connectivity index (χ2v) is 6.22. The molecule has 1 aromatic heterocycles. The molecule has 3 aromatic carbocycles. The number of H-pyrrole nitrogens is 1. The van der Waals surface area contributed by atoms with Gasteiger partial charge in [0.1, 0.15) is 5.69 Å². The number of amides is 1. The number of carbonyl (C=O) groups excluding carboxylic acids is 1. The second kappa shape index (κ2) is 8.14. The van der Waals surface area contributed by atoms with Gasteiger partial charge in [-0.15, -0.1) is 0 Å². The quantitative estimate of drug-likeness (QED) is 0.403. The van der Waals surface area contributed by atoms with Gasteiger partial charge < -0.3 is 0 Å². The first-order valence-corrected chi connectivity index (χ1v) is 8.89. The number of hydrogen-bond donors (Lipinski definition) is 2. The van der Waals surface area contributed by atoms with Gasteiger partial charge >= 0.3 is 0 Å². The van der Waals surface area contributed by atoms with Crippen LogP contribution in [0.5, 0.6) is 0 Å². The Bertz CT molecular complexity index is 1080. The average Bonchev–Trinajstić information content (AvgIpc) is 3.26. The van der Waals surface area contributed by atoms with E-state index >= 15 is 0 Å². The number of aromatic nitrogens is 2. The lowest BCUT2D eigenvalue weighted by atomic mass is 10.0. The molecule has 0 aliphatic heterocycles. The topological polar surface area (TPSA) is 70.1 Å². The highest BCUT2D eigenvalue weighted by molar-refractivity contribution is 5.94. The Morgan fingerprint density at radius 1 is 0.821 bits per heavy atom. The third kappa shape index (κ3) is 4.04. The minimum atomic E-state index is -0.341. The molecule has 0 unspecified atom stereocenters. The van der Waals surface area contributed by atoms with E-state index in [1.165, 1.54) is 0 Å². The highest BCUT2D eigenvalue weighted by Crippen LogP contribution is 2.24. The van der Waals surface area contributed by atoms with Crippen molar-refractivity contribution < 1.29 is 4.79 Å². The van der Waals surface area contributed by atoms with Crippen molar-refractivity contribution in [1.29, 1.82) is 0 Å². The lowest BCUT2D eigenvalue weighted by Gasteiger charge is -2.02. The van der Waals surface area contributed by atoms with Crippen LogP contribution in [0.25, 0.3) is 22.4 Å². The van der Waals surface area contributed by atoms with Gasteiger partial charge in [-0.05, 0) is 22.8 Å². The molecule has 0 aliphatic rings. The predicted octanol–water partition coefficient (Wildman–Crippen LogP) is 4.51. The van der Waals surface area contributed by atoms with Gasteiger partial charge in [-0.25, -0.2) is 5.43 Å². The zero-order valence-corrected chi connectivity index (χ0v) is 15.0. The SMILES string of the molecule is O=C(N/N=C\c1ccccc1)c1cc(-c2ccc(-c3ccccc3)cc2)n[nH]1. The second-order valence-electron chi connectivity index (χ2n) is 6.22. The first kappa shape index (κ1) is 17.4. The van der Waals surface area contributed by atoms with Gasteiger partial charge in [-0.3, -0.25) is 9.89 Å². The summed E-state index contributed by atoms with van der Waals surface area (Å²) in [6.07, 6.45) is 1.59. The van der Waals surface area contributed by atoms with Gasteiger partial charge in [0.15, 0.2) is 0 Å². The number of hydrazone groups is 1. The number of nitrogens with zero attached hydrogens (tertiary/aromatic N) is 2. The Morgan fingerprint density at radius 3 is 2.14 bits per heavy atom. The maximum atomic E-state index is 12.2. The molecule has 0 radical (unpaired) electrons. The molecule has 4 aromatic rings. The Labute approximate surface area is 162 Å². The molecule has 5 nitrogen and oxygen atoms in total. The molecule has 2 N–H and O–H groups in total. The number of aromatic amines is 1. The standard InChI is InChI=1S/C23H18N4O/c28-23(27-24-16-17-7-3-1-4-8-17)22-15-21(25-26-22)20-13-11-19(12-14-20)18-9-5-2-6-10-18/h1-16H,(H,25,26)(H,27,28)/b24-16-. The van der Waals surface area contributed by atoms with Crippen LogP contribution in [0.4, 0.5) is 0 Å². The molecule has 0 fully saturated rings. The Morgan fingerprint density at radius 2 is 1.43 bits per heavy atom. The van der Waals surface area contributed by atoms with Gasteiger partial charge in [0.2, 0.25) is 0 Å². The third-order valence-electron chi connectivity index (χ3n) is 4.29. The van der Waals surface area contributed by atoms with Crippen LogP contribution in [-0.2, 0) is 0 Å². The summed E-state index contributed by atoms with van der Waals surface area (Å²) in [5, 5.41) is 11.0. The molecule has 1 amide bonds. The maximum absolute atomic E-state index is 12.2. The first-order valence-electron chi connectivity index (χ1n) is 8.89. The molecule has 0 saturated heterocycles. The Balaban J connectivity index is 1.44. The fourth-order valence-electron chi connectivity index (χ4n) is 2.81. The monoisotopic (exact) mass is 366 g/mol. The summed E-state index contributed by atoms with van der Waals surface area (Å²) >= 11 is 0. The highest BCUT2D eigenvalue weighted by atomic mass is 16.2. The van der Waals surface area contributed by atoms with E-state index in [-0.39, 0.29) is 5.91 Å². The lowest BCUT2D eigenvalue weighted by molar-refractivity contribution is 0.0950. The van der Waals surface area contributed by atoms with Gasteiger partial charge in [-0.2, -0.15) is 10.2 Å². The molecule has 0 saturated carbocycles. The molecule has 0 bridgehead atoms. The van der Waals surface area contributed by atoms with Crippen molar-refractivity contribution in [3.05, 3.63) is 102 Å². The van der Waals surface area contributed by atoms with E-state index in [1.807, 2.05) is 72.8 Å². The predicted molar refractivity (Wildman–Crippen MR) is 111 cm³/mol. The van der Waals surface area contributed by atoms with Crippen molar-refractivity contribution in [1.82, 2.24) is 15.6 Å². The molecule has 4 rings (SSSR count). The first-order chi connectivity index (χ1) is 13.8. The van der Waals surface area contributed by atoms with Crippen LogP contribution in [0, 0.1) is 0 Å². The molecule has 136 valence electrons. The number of hydrogen-bond acceptors (Lipinski definition) is 3. The van der Waals surface area contributed by atoms with Gasteiger partial charge in [0.05, 0.1) is 11.9 Å². The summed E-state index contributed by atoms with van der Waals surface area (Å²) in [5.41, 5.74) is 7.70. The van der Waals surface area contributed by atoms with Crippen molar-refractivity contribution in [3.8, 4) is 22.4 Å². The normalized spacial score (nSPS) is 10.9. The van der Waals surface area contributed by atoms with Crippen LogP contribution in [-0.4, -0.2) is 22.3 Å². The van der Waals surface area contributed by atoms with Gasteiger partial charge in [0.25, 0.3) is 5.91 Å². The van der Waals surface area contributed by atoms with Crippen LogP contribution in [0.2, 0.25) is 0 Å². The van der Waals surface area contributed by atoms with Crippen molar-refractivity contribution in [3.63, 3.8) is 0 Å². The smallest absolute Gasteiger partial charge is 0.272 e. The van der Waals surface area contributed by atoms with Crippen molar-refractivity contribution in [2.24, 2.45) is 5.10 Å². The minimum Gasteiger partial charge on any atom is -0.272 e. The zero-order valence-electron chi connectivity index (χ0n) is 15.0. The van der Waals surface area contributed by atoms with Gasteiger partial charge in [-0.1, -0.05) is 84.9 Å². The minimum absolute atomic E-state index is 0.341. The molecule has 5 heteroatoms. The van der Waals surface area contributed by atoms with Gasteiger partial charge in [0, 0.05) is 5.56 Å². The summed E-state index contributed by atoms with van der Waals surface area (Å²) in [5.74, 6) is -0.341. The summed E-state index contributed by atoms with van der Waals surface area (Å²) in [6.45, 7) is 0. The van der Waals surface area contributed by atoms with Crippen molar-refractivity contribution in [2.45, 2.75) is 0 Å². The van der Waals surface area contributed by atoms with Crippen LogP contribution >= 0.6 is 0 Å². The average molecular weight is 366 g/mol. The van der Waals surface area contributed by atoms with Crippen LogP contribution < -0.4 is 5.43 Å². The number of rotatable bonds is 5. The Hall–Kier alpha value is -3.99. The van der Waals surface area contributed by atoms with E-state index in [4.69, 9.17) is 0 Å². The molecule has 28 heavy (non-hydrogen) atoms. The van der Waals surface area contributed by atoms with E-state index in [0.29, 0.717) is 11.4 Å². The lowest BCUT2D eigenvalue weighted by Crippen LogP contribution is -2.17. The molecule has 0 spiro atoms. The Kier molecular flexibility index (Phi) is 5.06. The number of nitrogens with one attached hydrogen (secondary N) is 2. The highest BCUT2D eigenvalue weighted by Gasteiger charge is 2.10. The van der Waals surface area contributed by atoms with Crippen molar-refractivity contribution >= 4 is 12.1 Å². The molecule has 0 aliphatic carbocycles. The van der Waals surface area contributed by atoms with E-state index in [1.54, 1.807) is 12.3 Å². The summed E-state index contributed by atoms with van der Waals surface area (Å²) in [7, 11) is 0. The number of carbonyl (C=O) groups is 1. The van der Waals surface area contributed by atoms with Crippen LogP contribution in [0.1, 0.15) is 16.1 Å². The molecular weight excluding hydrogens is 348 g/mol. The molecule has 0 atom stereocenters.